The van der Waals surface area contributed by atoms with Crippen LogP contribution in [-0.4, -0.2) is 77.3 Å². The van der Waals surface area contributed by atoms with E-state index in [1.807, 2.05) is 24.3 Å². The number of sulfonamides is 1. The first-order chi connectivity index (χ1) is 21.8. The monoisotopic (exact) mass is 670 g/mol. The lowest BCUT2D eigenvalue weighted by Crippen LogP contribution is -2.54. The van der Waals surface area contributed by atoms with Crippen molar-refractivity contribution in [2.45, 2.75) is 67.9 Å². The van der Waals surface area contributed by atoms with Crippen molar-refractivity contribution in [3.8, 4) is 5.75 Å². The fourth-order valence-corrected chi connectivity index (χ4v) is 8.52. The molecule has 0 radical (unpaired) electrons. The minimum absolute atomic E-state index is 0.00860. The quantitative estimate of drug-likeness (QED) is 0.422. The van der Waals surface area contributed by atoms with Crippen LogP contribution >= 0.6 is 11.6 Å². The standard InChI is InChI=1S/C34H43ClN4O6S/c1-33(2)31(40)37-46(42,43)25-11-14-30-28(18-25)39(20-34(21-44-30)15-5-7-22-17-24(35)10-13-27(22)34)19-23-9-12-26(23)29(8-6-16-36-33)45-32(41)38(3)4/h6,8,10-11,13-14,17-18,23,26,29,36H,5,7,9,12,15-16,19-21H2,1-4H3,(H,37,40)/b8-6+/t23-,26+,29+,34-/m0/s1. The SMILES string of the molecule is CN(C)C(=O)O[C@@H]1/C=C/CNC(C)(C)C(=O)NS(=O)(=O)c2ccc3c(c2)N(C[C@@H]2CC[C@H]21)C[C@@]1(CCCc2cc(Cl)ccc21)CO3. The number of hydrogen-bond donors (Lipinski definition) is 2. The number of carbonyl (C=O) groups is 2. The van der Waals surface area contributed by atoms with Crippen LogP contribution in [0.1, 0.15) is 50.7 Å². The molecule has 6 rings (SSSR count). The maximum atomic E-state index is 13.6. The van der Waals surface area contributed by atoms with Gasteiger partial charge in [0, 0.05) is 50.1 Å². The lowest BCUT2D eigenvalue weighted by atomic mass is 9.68. The Labute approximate surface area is 276 Å². The third-order valence-corrected chi connectivity index (χ3v) is 11.6. The van der Waals surface area contributed by atoms with Crippen molar-refractivity contribution in [1.29, 1.82) is 0 Å². The van der Waals surface area contributed by atoms with Crippen molar-refractivity contribution < 1.29 is 27.5 Å². The topological polar surface area (TPSA) is 117 Å². The third kappa shape index (κ3) is 6.33. The van der Waals surface area contributed by atoms with Crippen molar-refractivity contribution in [1.82, 2.24) is 14.9 Å². The molecule has 2 aromatic carbocycles. The molecule has 46 heavy (non-hydrogen) atoms. The summed E-state index contributed by atoms with van der Waals surface area (Å²) >= 11 is 6.41. The average molecular weight is 671 g/mol. The Kier molecular flexibility index (Phi) is 8.80. The van der Waals surface area contributed by atoms with Crippen LogP contribution in [0.2, 0.25) is 5.02 Å². The van der Waals surface area contributed by atoms with Gasteiger partial charge in [0.25, 0.3) is 15.9 Å². The zero-order valence-electron chi connectivity index (χ0n) is 26.8. The van der Waals surface area contributed by atoms with Crippen LogP contribution in [0.25, 0.3) is 0 Å². The maximum Gasteiger partial charge on any atom is 0.409 e. The van der Waals surface area contributed by atoms with Gasteiger partial charge < -0.3 is 24.6 Å². The molecule has 1 saturated carbocycles. The average Bonchev–Trinajstić information content (AvgIpc) is 3.13. The molecule has 2 amide bonds. The van der Waals surface area contributed by atoms with E-state index in [0.717, 1.165) is 32.1 Å². The fourth-order valence-electron chi connectivity index (χ4n) is 7.19. The number of hydrogen-bond acceptors (Lipinski definition) is 8. The number of amides is 2. The third-order valence-electron chi connectivity index (χ3n) is 10.1. The predicted molar refractivity (Wildman–Crippen MR) is 177 cm³/mol. The van der Waals surface area contributed by atoms with E-state index >= 15 is 0 Å². The highest BCUT2D eigenvalue weighted by Gasteiger charge is 2.45. The second kappa shape index (κ2) is 12.4. The molecular weight excluding hydrogens is 628 g/mol. The zero-order valence-corrected chi connectivity index (χ0v) is 28.4. The second-order valence-electron chi connectivity index (χ2n) is 13.8. The van der Waals surface area contributed by atoms with E-state index in [0.29, 0.717) is 36.2 Å². The molecule has 1 fully saturated rings. The molecule has 2 aliphatic carbocycles. The number of benzene rings is 2. The molecule has 248 valence electrons. The molecule has 0 aromatic heterocycles. The van der Waals surface area contributed by atoms with Crippen LogP contribution in [0.4, 0.5) is 10.5 Å². The Morgan fingerprint density at radius 1 is 1.15 bits per heavy atom. The largest absolute Gasteiger partial charge is 0.490 e. The highest BCUT2D eigenvalue weighted by molar-refractivity contribution is 7.90. The molecular formula is C34H43ClN4O6S. The highest BCUT2D eigenvalue weighted by atomic mass is 35.5. The van der Waals surface area contributed by atoms with Gasteiger partial charge in [0.15, 0.2) is 0 Å². The van der Waals surface area contributed by atoms with E-state index in [1.165, 1.54) is 22.1 Å². The lowest BCUT2D eigenvalue weighted by molar-refractivity contribution is -0.124. The van der Waals surface area contributed by atoms with Crippen LogP contribution in [0.5, 0.6) is 5.75 Å². The molecule has 10 nitrogen and oxygen atoms in total. The van der Waals surface area contributed by atoms with Gasteiger partial charge in [-0.15, -0.1) is 0 Å². The molecule has 2 aromatic rings. The van der Waals surface area contributed by atoms with E-state index in [-0.39, 0.29) is 28.7 Å². The molecule has 1 spiro atoms. The molecule has 2 N–H and O–H groups in total. The molecule has 12 heteroatoms. The first kappa shape index (κ1) is 32.7. The Bertz CT molecular complexity index is 1660. The van der Waals surface area contributed by atoms with Gasteiger partial charge in [-0.05, 0) is 99.4 Å². The minimum Gasteiger partial charge on any atom is -0.490 e. The number of halogens is 1. The van der Waals surface area contributed by atoms with Gasteiger partial charge in [-0.2, -0.15) is 0 Å². The van der Waals surface area contributed by atoms with Crippen molar-refractivity contribution >= 4 is 39.3 Å². The van der Waals surface area contributed by atoms with Crippen LogP contribution in [0.3, 0.4) is 0 Å². The molecule has 0 saturated heterocycles. The van der Waals surface area contributed by atoms with E-state index in [2.05, 4.69) is 21.0 Å². The van der Waals surface area contributed by atoms with Crippen LogP contribution < -0.4 is 19.7 Å². The number of carbonyl (C=O) groups excluding carboxylic acids is 2. The molecule has 2 aliphatic heterocycles. The zero-order chi connectivity index (χ0) is 32.9. The van der Waals surface area contributed by atoms with Gasteiger partial charge in [0.1, 0.15) is 11.9 Å². The van der Waals surface area contributed by atoms with Crippen molar-refractivity contribution in [3.05, 3.63) is 64.7 Å². The number of fused-ring (bicyclic) bond motifs is 4. The van der Waals surface area contributed by atoms with Gasteiger partial charge in [-0.1, -0.05) is 23.7 Å². The summed E-state index contributed by atoms with van der Waals surface area (Å²) in [4.78, 5) is 29.6. The van der Waals surface area contributed by atoms with Crippen molar-refractivity contribution in [2.24, 2.45) is 11.8 Å². The van der Waals surface area contributed by atoms with Crippen molar-refractivity contribution in [2.75, 3.05) is 45.2 Å². The van der Waals surface area contributed by atoms with Crippen LogP contribution in [0.15, 0.2) is 53.4 Å². The number of rotatable bonds is 1. The smallest absolute Gasteiger partial charge is 0.409 e. The van der Waals surface area contributed by atoms with Crippen molar-refractivity contribution in [3.63, 3.8) is 0 Å². The lowest BCUT2D eigenvalue weighted by Gasteiger charge is -2.46. The molecule has 4 atom stereocenters. The van der Waals surface area contributed by atoms with Gasteiger partial charge in [-0.3, -0.25) is 4.79 Å². The van der Waals surface area contributed by atoms with Gasteiger partial charge in [0.05, 0.1) is 22.7 Å². The summed E-state index contributed by atoms with van der Waals surface area (Å²) in [5, 5.41) is 3.82. The molecule has 0 unspecified atom stereocenters. The van der Waals surface area contributed by atoms with Gasteiger partial charge in [0.2, 0.25) is 0 Å². The Morgan fingerprint density at radius 2 is 1.96 bits per heavy atom. The molecule has 2 heterocycles. The first-order valence-corrected chi connectivity index (χ1v) is 17.8. The summed E-state index contributed by atoms with van der Waals surface area (Å²) in [6, 6.07) is 10.9. The van der Waals surface area contributed by atoms with E-state index in [9.17, 15) is 18.0 Å². The van der Waals surface area contributed by atoms with E-state index in [1.54, 1.807) is 40.1 Å². The van der Waals surface area contributed by atoms with E-state index < -0.39 is 33.7 Å². The minimum atomic E-state index is -4.19. The summed E-state index contributed by atoms with van der Waals surface area (Å²) in [6.07, 6.45) is 7.53. The first-order valence-electron chi connectivity index (χ1n) is 16.0. The summed E-state index contributed by atoms with van der Waals surface area (Å²) in [6.45, 7) is 5.21. The summed E-state index contributed by atoms with van der Waals surface area (Å²) in [7, 11) is -0.860. The number of aryl methyl sites for hydroxylation is 1. The second-order valence-corrected chi connectivity index (χ2v) is 16.0. The number of nitrogens with one attached hydrogen (secondary N) is 2. The van der Waals surface area contributed by atoms with Crippen LogP contribution in [0, 0.1) is 11.8 Å². The van der Waals surface area contributed by atoms with Crippen LogP contribution in [-0.2, 0) is 31.4 Å². The Morgan fingerprint density at radius 3 is 2.70 bits per heavy atom. The normalized spacial score (nSPS) is 29.1. The summed E-state index contributed by atoms with van der Waals surface area (Å²) in [5.74, 6) is 0.162. The fraction of sp³-hybridized carbons (Fsp3) is 0.529. The highest BCUT2D eigenvalue weighted by Crippen LogP contribution is 2.47. The Hall–Kier alpha value is -3.28. The number of ether oxygens (including phenoxy) is 2. The Balaban J connectivity index is 1.44. The van der Waals surface area contributed by atoms with Gasteiger partial charge in [-0.25, -0.2) is 17.9 Å². The number of nitrogens with zero attached hydrogens (tertiary/aromatic N) is 2. The van der Waals surface area contributed by atoms with E-state index in [4.69, 9.17) is 21.1 Å². The number of anilines is 1. The molecule has 4 aliphatic rings. The summed E-state index contributed by atoms with van der Waals surface area (Å²) < 4.78 is 42.0. The predicted octanol–water partition coefficient (Wildman–Crippen LogP) is 4.65. The maximum absolute atomic E-state index is 13.6. The molecule has 2 bridgehead atoms. The van der Waals surface area contributed by atoms with Gasteiger partial charge >= 0.3 is 6.09 Å². The summed E-state index contributed by atoms with van der Waals surface area (Å²) in [5.41, 5.74) is 1.56.